The Labute approximate surface area is 169 Å². The second-order valence-corrected chi connectivity index (χ2v) is 11.4. The van der Waals surface area contributed by atoms with Crippen LogP contribution in [0.3, 0.4) is 0 Å². The molecule has 2 fully saturated rings. The molecule has 3 rings (SSSR count). The highest BCUT2D eigenvalue weighted by molar-refractivity contribution is 8.01. The molecule has 1 aromatic heterocycles. The zero-order valence-electron chi connectivity index (χ0n) is 14.9. The van der Waals surface area contributed by atoms with Crippen LogP contribution < -0.4 is 5.32 Å². The van der Waals surface area contributed by atoms with E-state index in [0.29, 0.717) is 10.8 Å². The number of halogens is 3. The van der Waals surface area contributed by atoms with Crippen molar-refractivity contribution < 1.29 is 26.4 Å². The van der Waals surface area contributed by atoms with E-state index in [-0.39, 0.29) is 40.4 Å². The van der Waals surface area contributed by atoms with Crippen LogP contribution in [0.4, 0.5) is 18.3 Å². The van der Waals surface area contributed by atoms with Gasteiger partial charge in [-0.25, -0.2) is 8.42 Å². The summed E-state index contributed by atoms with van der Waals surface area (Å²) in [5.41, 5.74) is 0. The Morgan fingerprint density at radius 3 is 2.54 bits per heavy atom. The molecule has 1 N–H and O–H groups in total. The van der Waals surface area contributed by atoms with Gasteiger partial charge in [0, 0.05) is 12.1 Å². The standard InChI is InChI=1S/C15H21F3N4O3S3/c16-15(17,18)9-19-13-20-21-14(27-13)26-7-12(23)22(10-3-1-2-4-10)11-5-6-28(24,25)8-11/h10-11H,1-9H2,(H,19,20). The van der Waals surface area contributed by atoms with Crippen molar-refractivity contribution in [3.05, 3.63) is 0 Å². The third-order valence-corrected chi connectivity index (χ3v) is 8.52. The zero-order chi connectivity index (χ0) is 20.4. The van der Waals surface area contributed by atoms with Gasteiger partial charge in [-0.1, -0.05) is 35.9 Å². The van der Waals surface area contributed by atoms with Crippen molar-refractivity contribution in [1.82, 2.24) is 15.1 Å². The lowest BCUT2D eigenvalue weighted by Crippen LogP contribution is -2.47. The second kappa shape index (κ2) is 8.74. The third kappa shape index (κ3) is 5.96. The average Bonchev–Trinajstić information content (AvgIpc) is 3.33. The highest BCUT2D eigenvalue weighted by atomic mass is 32.2. The molecule has 1 aromatic rings. The molecule has 1 aliphatic carbocycles. The van der Waals surface area contributed by atoms with Gasteiger partial charge in [-0.15, -0.1) is 10.2 Å². The Morgan fingerprint density at radius 1 is 1.21 bits per heavy atom. The summed E-state index contributed by atoms with van der Waals surface area (Å²) in [5, 5.41) is 9.65. The van der Waals surface area contributed by atoms with Gasteiger partial charge in [0.15, 0.2) is 14.2 Å². The van der Waals surface area contributed by atoms with Crippen LogP contribution in [0.5, 0.6) is 0 Å². The number of hydrogen-bond acceptors (Lipinski definition) is 8. The van der Waals surface area contributed by atoms with Crippen LogP contribution in [0.15, 0.2) is 4.34 Å². The topological polar surface area (TPSA) is 92.3 Å². The van der Waals surface area contributed by atoms with Gasteiger partial charge in [0.25, 0.3) is 0 Å². The lowest BCUT2D eigenvalue weighted by molar-refractivity contribution is -0.132. The monoisotopic (exact) mass is 458 g/mol. The molecule has 0 bridgehead atoms. The van der Waals surface area contributed by atoms with Crippen LogP contribution in [0, 0.1) is 0 Å². The average molecular weight is 459 g/mol. The van der Waals surface area contributed by atoms with Crippen molar-refractivity contribution in [3.63, 3.8) is 0 Å². The van der Waals surface area contributed by atoms with Crippen LogP contribution in [0.25, 0.3) is 0 Å². The van der Waals surface area contributed by atoms with Crippen molar-refractivity contribution in [2.75, 3.05) is 29.1 Å². The van der Waals surface area contributed by atoms with Crippen LogP contribution in [-0.4, -0.2) is 71.5 Å². The maximum absolute atomic E-state index is 12.9. The van der Waals surface area contributed by atoms with Gasteiger partial charge in [0.1, 0.15) is 6.54 Å². The number of carbonyl (C=O) groups excluding carboxylic acids is 1. The number of carbonyl (C=O) groups is 1. The minimum absolute atomic E-state index is 0.00419. The van der Waals surface area contributed by atoms with E-state index in [9.17, 15) is 26.4 Å². The Balaban J connectivity index is 1.59. The van der Waals surface area contributed by atoms with E-state index in [1.807, 2.05) is 0 Å². The number of sulfone groups is 1. The zero-order valence-corrected chi connectivity index (χ0v) is 17.4. The number of amides is 1. The smallest absolute Gasteiger partial charge is 0.351 e. The Hall–Kier alpha value is -1.08. The van der Waals surface area contributed by atoms with Crippen molar-refractivity contribution in [2.24, 2.45) is 0 Å². The first-order valence-electron chi connectivity index (χ1n) is 8.91. The Bertz CT molecular complexity index is 794. The summed E-state index contributed by atoms with van der Waals surface area (Å²) in [6, 6.07) is -0.232. The number of rotatable bonds is 7. The molecule has 0 spiro atoms. The third-order valence-electron chi connectivity index (χ3n) is 4.77. The van der Waals surface area contributed by atoms with Crippen LogP contribution >= 0.6 is 23.1 Å². The molecule has 13 heteroatoms. The molecule has 7 nitrogen and oxygen atoms in total. The first-order valence-corrected chi connectivity index (χ1v) is 12.5. The fraction of sp³-hybridized carbons (Fsp3) is 0.800. The van der Waals surface area contributed by atoms with Gasteiger partial charge in [-0.3, -0.25) is 4.79 Å². The van der Waals surface area contributed by atoms with Crippen LogP contribution in [0.1, 0.15) is 32.1 Å². The molecule has 158 valence electrons. The Kier molecular flexibility index (Phi) is 6.75. The van der Waals surface area contributed by atoms with E-state index in [2.05, 4.69) is 15.5 Å². The maximum atomic E-state index is 12.9. The van der Waals surface area contributed by atoms with E-state index >= 15 is 0 Å². The summed E-state index contributed by atoms with van der Waals surface area (Å²) in [4.78, 5) is 14.6. The predicted octanol–water partition coefficient (Wildman–Crippen LogP) is 2.56. The quantitative estimate of drug-likeness (QED) is 0.628. The normalized spacial score (nSPS) is 22.5. The molecular formula is C15H21F3N4O3S3. The number of anilines is 1. The molecule has 2 heterocycles. The Morgan fingerprint density at radius 2 is 1.93 bits per heavy atom. The molecular weight excluding hydrogens is 437 g/mol. The highest BCUT2D eigenvalue weighted by Gasteiger charge is 2.39. The molecule has 1 saturated carbocycles. The van der Waals surface area contributed by atoms with E-state index in [1.165, 1.54) is 0 Å². The molecule has 1 atom stereocenters. The first-order chi connectivity index (χ1) is 13.1. The van der Waals surface area contributed by atoms with Crippen molar-refractivity contribution >= 4 is 44.0 Å². The fourth-order valence-corrected chi connectivity index (χ4v) is 6.92. The van der Waals surface area contributed by atoms with Gasteiger partial charge >= 0.3 is 6.18 Å². The molecule has 0 aromatic carbocycles. The minimum Gasteiger partial charge on any atom is -0.351 e. The minimum atomic E-state index is -4.35. The van der Waals surface area contributed by atoms with E-state index < -0.39 is 22.6 Å². The number of alkyl halides is 3. The van der Waals surface area contributed by atoms with Gasteiger partial charge in [0.05, 0.1) is 17.3 Å². The van der Waals surface area contributed by atoms with Crippen molar-refractivity contribution in [2.45, 2.75) is 54.7 Å². The molecule has 1 amide bonds. The van der Waals surface area contributed by atoms with Gasteiger partial charge in [0.2, 0.25) is 11.0 Å². The molecule has 1 unspecified atom stereocenters. The van der Waals surface area contributed by atoms with Gasteiger partial charge < -0.3 is 10.2 Å². The first kappa shape index (κ1) is 21.6. The maximum Gasteiger partial charge on any atom is 0.405 e. The molecule has 2 aliphatic rings. The predicted molar refractivity (Wildman–Crippen MR) is 101 cm³/mol. The number of nitrogens with zero attached hydrogens (tertiary/aromatic N) is 3. The lowest BCUT2D eigenvalue weighted by atomic mass is 10.1. The second-order valence-electron chi connectivity index (χ2n) is 6.93. The van der Waals surface area contributed by atoms with Crippen LogP contribution in [0.2, 0.25) is 0 Å². The summed E-state index contributed by atoms with van der Waals surface area (Å²) in [5.74, 6) is 0.0101. The fourth-order valence-electron chi connectivity index (χ4n) is 3.60. The summed E-state index contributed by atoms with van der Waals surface area (Å²) >= 11 is 2.07. The molecule has 1 aliphatic heterocycles. The molecule has 0 radical (unpaired) electrons. The van der Waals surface area contributed by atoms with Gasteiger partial charge in [-0.2, -0.15) is 13.2 Å². The summed E-state index contributed by atoms with van der Waals surface area (Å²) < 4.78 is 60.8. The number of aromatic nitrogens is 2. The van der Waals surface area contributed by atoms with E-state index in [0.717, 1.165) is 48.8 Å². The van der Waals surface area contributed by atoms with Gasteiger partial charge in [-0.05, 0) is 19.3 Å². The molecule has 28 heavy (non-hydrogen) atoms. The summed E-state index contributed by atoms with van der Waals surface area (Å²) in [6.45, 7) is -1.20. The largest absolute Gasteiger partial charge is 0.405 e. The number of thioether (sulfide) groups is 1. The SMILES string of the molecule is O=C(CSc1nnc(NCC(F)(F)F)s1)N(C1CCCC1)C1CCS(=O)(=O)C1. The van der Waals surface area contributed by atoms with E-state index in [1.54, 1.807) is 4.90 Å². The molecule has 1 saturated heterocycles. The van der Waals surface area contributed by atoms with Crippen molar-refractivity contribution in [1.29, 1.82) is 0 Å². The summed E-state index contributed by atoms with van der Waals surface area (Å²) in [7, 11) is -3.11. The van der Waals surface area contributed by atoms with E-state index in [4.69, 9.17) is 0 Å². The number of hydrogen-bond donors (Lipinski definition) is 1. The lowest BCUT2D eigenvalue weighted by Gasteiger charge is -2.34. The van der Waals surface area contributed by atoms with Crippen LogP contribution in [-0.2, 0) is 14.6 Å². The highest BCUT2D eigenvalue weighted by Crippen LogP contribution is 2.31. The summed E-state index contributed by atoms with van der Waals surface area (Å²) in [6.07, 6.45) is -0.107. The number of nitrogens with one attached hydrogen (secondary N) is 1. The van der Waals surface area contributed by atoms with Crippen molar-refractivity contribution in [3.8, 4) is 0 Å².